The SMILES string of the molecule is [B]C1([B])N([C@H](COC)c2cnn3cc([C@H](COC(C)(C)C(F)(F)F)NC(=O)c4nonc4C4CC4)nc3c2)C(=O)N[C@]1([B])C(F)(F)F. The van der Waals surface area contributed by atoms with Crippen LogP contribution in [0.2, 0.25) is 0 Å². The fourth-order valence-electron chi connectivity index (χ4n) is 4.90. The number of carbonyl (C=O) groups is 2. The van der Waals surface area contributed by atoms with Crippen LogP contribution in [0, 0.1) is 0 Å². The van der Waals surface area contributed by atoms with Crippen LogP contribution in [0.3, 0.4) is 0 Å². The summed E-state index contributed by atoms with van der Waals surface area (Å²) in [4.78, 5) is 30.8. The van der Waals surface area contributed by atoms with Gasteiger partial charge in [0.15, 0.2) is 16.9 Å². The molecule has 2 aliphatic rings. The van der Waals surface area contributed by atoms with Crippen LogP contribution in [0.4, 0.5) is 31.1 Å². The van der Waals surface area contributed by atoms with E-state index in [1.54, 1.807) is 5.32 Å². The first-order valence-corrected chi connectivity index (χ1v) is 13.9. The Morgan fingerprint density at radius 2 is 1.85 bits per heavy atom. The van der Waals surface area contributed by atoms with Crippen LogP contribution in [-0.2, 0) is 9.47 Å². The number of hydrogen-bond donors (Lipinski definition) is 2. The van der Waals surface area contributed by atoms with Crippen molar-refractivity contribution in [2.45, 2.75) is 73.4 Å². The van der Waals surface area contributed by atoms with Crippen LogP contribution in [-0.4, -0.2) is 114 Å². The minimum atomic E-state index is -5.26. The number of imidazole rings is 1. The van der Waals surface area contributed by atoms with E-state index in [4.69, 9.17) is 37.6 Å². The van der Waals surface area contributed by atoms with E-state index in [-0.39, 0.29) is 28.5 Å². The van der Waals surface area contributed by atoms with Gasteiger partial charge in [-0.05, 0) is 43.2 Å². The highest BCUT2D eigenvalue weighted by atomic mass is 19.4. The molecule has 246 valence electrons. The molecule has 3 atom stereocenters. The van der Waals surface area contributed by atoms with Crippen molar-refractivity contribution in [3.05, 3.63) is 41.1 Å². The van der Waals surface area contributed by atoms with Crippen molar-refractivity contribution in [3.63, 3.8) is 0 Å². The van der Waals surface area contributed by atoms with Gasteiger partial charge in [0.05, 0.1) is 59.1 Å². The highest BCUT2D eigenvalue weighted by molar-refractivity contribution is 6.47. The summed E-state index contributed by atoms with van der Waals surface area (Å²) in [7, 11) is 18.4. The zero-order chi connectivity index (χ0) is 34.7. The molecule has 1 saturated heterocycles. The summed E-state index contributed by atoms with van der Waals surface area (Å²) >= 11 is 0. The maximum atomic E-state index is 13.9. The normalized spacial score (nSPS) is 21.6. The number of nitrogens with one attached hydrogen (secondary N) is 2. The average molecular weight is 664 g/mol. The van der Waals surface area contributed by atoms with E-state index in [1.807, 2.05) is 0 Å². The van der Waals surface area contributed by atoms with Gasteiger partial charge in [0, 0.05) is 18.6 Å². The van der Waals surface area contributed by atoms with E-state index in [0.29, 0.717) is 10.6 Å². The first-order valence-electron chi connectivity index (χ1n) is 13.9. The molecule has 0 aromatic carbocycles. The Bertz CT molecular complexity index is 1660. The van der Waals surface area contributed by atoms with Gasteiger partial charge in [0.1, 0.15) is 19.0 Å². The Hall–Kier alpha value is -3.81. The number of aromatic nitrogens is 5. The lowest BCUT2D eigenvalue weighted by Gasteiger charge is -2.46. The number of nitrogens with zero attached hydrogens (tertiary/aromatic N) is 6. The second-order valence-electron chi connectivity index (χ2n) is 11.8. The van der Waals surface area contributed by atoms with Crippen molar-refractivity contribution < 1.29 is 50.0 Å². The van der Waals surface area contributed by atoms with Crippen molar-refractivity contribution >= 4 is 41.1 Å². The van der Waals surface area contributed by atoms with Crippen LogP contribution in [0.15, 0.2) is 23.1 Å². The van der Waals surface area contributed by atoms with Gasteiger partial charge >= 0.3 is 18.4 Å². The fraction of sp³-hybridized carbons (Fsp3) is 0.600. The molecule has 0 unspecified atom stereocenters. The van der Waals surface area contributed by atoms with Crippen molar-refractivity contribution in [1.29, 1.82) is 0 Å². The molecule has 6 radical (unpaired) electrons. The molecule has 4 heterocycles. The van der Waals surface area contributed by atoms with Crippen LogP contribution >= 0.6 is 0 Å². The molecule has 5 rings (SSSR count). The quantitative estimate of drug-likeness (QED) is 0.232. The maximum absolute atomic E-state index is 13.9. The molecule has 1 saturated carbocycles. The first-order chi connectivity index (χ1) is 21.7. The molecule has 0 spiro atoms. The zero-order valence-electron chi connectivity index (χ0n) is 25.0. The Morgan fingerprint density at radius 3 is 2.43 bits per heavy atom. The molecule has 3 aromatic rings. The molecule has 2 N–H and O–H groups in total. The van der Waals surface area contributed by atoms with Crippen molar-refractivity contribution in [2.24, 2.45) is 0 Å². The van der Waals surface area contributed by atoms with E-state index < -0.39 is 66.0 Å². The number of alkyl halides is 6. The number of rotatable bonds is 11. The Labute approximate surface area is 266 Å². The van der Waals surface area contributed by atoms with Crippen molar-refractivity contribution in [1.82, 2.24) is 40.4 Å². The lowest BCUT2D eigenvalue weighted by molar-refractivity contribution is -0.265. The summed E-state index contributed by atoms with van der Waals surface area (Å²) in [6, 6.07) is -2.73. The smallest absolute Gasteiger partial charge is 0.382 e. The number of halogens is 6. The average Bonchev–Trinajstić information content (AvgIpc) is 3.45. The van der Waals surface area contributed by atoms with Gasteiger partial charge in [0.25, 0.3) is 5.91 Å². The lowest BCUT2D eigenvalue weighted by Crippen LogP contribution is -2.70. The first kappa shape index (κ1) is 34.5. The molecule has 47 heavy (non-hydrogen) atoms. The monoisotopic (exact) mass is 664 g/mol. The highest BCUT2D eigenvalue weighted by Gasteiger charge is 2.67. The predicted molar refractivity (Wildman–Crippen MR) is 149 cm³/mol. The summed E-state index contributed by atoms with van der Waals surface area (Å²) < 4.78 is 98.6. The van der Waals surface area contributed by atoms with Gasteiger partial charge in [0.2, 0.25) is 0 Å². The van der Waals surface area contributed by atoms with Crippen LogP contribution in [0.5, 0.6) is 0 Å². The van der Waals surface area contributed by atoms with Crippen LogP contribution in [0.25, 0.3) is 5.65 Å². The number of hydrogen-bond acceptors (Lipinski definition) is 9. The summed E-state index contributed by atoms with van der Waals surface area (Å²) in [6.07, 6.45) is -6.07. The van der Waals surface area contributed by atoms with Crippen molar-refractivity contribution in [2.75, 3.05) is 20.3 Å². The van der Waals surface area contributed by atoms with Gasteiger partial charge in [-0.15, -0.1) is 0 Å². The summed E-state index contributed by atoms with van der Waals surface area (Å²) in [5.74, 6) is -0.854. The third-order valence-electron chi connectivity index (χ3n) is 8.03. The van der Waals surface area contributed by atoms with Crippen molar-refractivity contribution in [3.8, 4) is 0 Å². The van der Waals surface area contributed by atoms with E-state index >= 15 is 0 Å². The van der Waals surface area contributed by atoms with Gasteiger partial charge in [-0.2, -0.15) is 31.4 Å². The third kappa shape index (κ3) is 6.16. The molecule has 1 aliphatic carbocycles. The molecule has 1 aliphatic heterocycles. The summed E-state index contributed by atoms with van der Waals surface area (Å²) in [6.45, 7) is 0.490. The number of methoxy groups -OCH3 is 1. The van der Waals surface area contributed by atoms with E-state index in [9.17, 15) is 35.9 Å². The topological polar surface area (TPSA) is 149 Å². The minimum absolute atomic E-state index is 0.00351. The molecule has 3 amide bonds. The van der Waals surface area contributed by atoms with Crippen LogP contribution < -0.4 is 10.6 Å². The number of fused-ring (bicyclic) bond motifs is 1. The number of amides is 3. The number of carbonyl (C=O) groups excluding carboxylic acids is 2. The van der Waals surface area contributed by atoms with E-state index in [0.717, 1.165) is 32.9 Å². The largest absolute Gasteiger partial charge is 0.416 e. The molecular weight excluding hydrogens is 639 g/mol. The molecular formula is C25H25B3F6N8O5. The van der Waals surface area contributed by atoms with E-state index in [1.165, 1.54) is 23.9 Å². The summed E-state index contributed by atoms with van der Waals surface area (Å²) in [5, 5.41) is 12.7. The molecule has 0 bridgehead atoms. The number of ether oxygens (including phenoxy) is 2. The standard InChI is InChI=1S/C25H25B3F6N8O5/c1-21(2,24(29,30)31)46-9-14(37-19(43)18-17(11-4-5-11)39-47-40-18)13-8-41-16(36-13)6-12(7-35-41)15(10-45-3)42-20(44)38-22(26,23(42,27)28)25(32,33)34/h6-8,11,14-15H,4-5,9-10H2,1-3H3,(H,37,43)(H,38,44)/t14-,15+,22-/m0/s1. The lowest BCUT2D eigenvalue weighted by atomic mass is 9.44. The molecule has 22 heteroatoms. The van der Waals surface area contributed by atoms with Crippen LogP contribution in [0.1, 0.15) is 72.1 Å². The molecule has 13 nitrogen and oxygen atoms in total. The minimum Gasteiger partial charge on any atom is -0.382 e. The maximum Gasteiger partial charge on any atom is 0.416 e. The van der Waals surface area contributed by atoms with Gasteiger partial charge in [-0.1, -0.05) is 5.16 Å². The number of urea groups is 1. The third-order valence-corrected chi connectivity index (χ3v) is 8.03. The predicted octanol–water partition coefficient (Wildman–Crippen LogP) is 1.95. The second-order valence-corrected chi connectivity index (χ2v) is 11.8. The fourth-order valence-corrected chi connectivity index (χ4v) is 4.90. The van der Waals surface area contributed by atoms with Gasteiger partial charge in [-0.3, -0.25) is 4.79 Å². The Morgan fingerprint density at radius 1 is 1.17 bits per heavy atom. The van der Waals surface area contributed by atoms with E-state index in [2.05, 4.69) is 25.7 Å². The highest BCUT2D eigenvalue weighted by Crippen LogP contribution is 2.44. The van der Waals surface area contributed by atoms with Gasteiger partial charge < -0.3 is 25.0 Å². The molecule has 3 aromatic heterocycles. The summed E-state index contributed by atoms with van der Waals surface area (Å²) in [5.41, 5.74) is -5.97. The second kappa shape index (κ2) is 11.7. The molecule has 2 fully saturated rings. The Kier molecular flexibility index (Phi) is 8.60. The van der Waals surface area contributed by atoms with Gasteiger partial charge in [-0.25, -0.2) is 18.9 Å². The Balaban J connectivity index is 1.49. The zero-order valence-corrected chi connectivity index (χ0v) is 25.0.